The fraction of sp³-hybridized carbons (Fsp3) is 0.500. The first kappa shape index (κ1) is 22.2. The summed E-state index contributed by atoms with van der Waals surface area (Å²) in [6.07, 6.45) is 6.41. The molecule has 1 aromatic heterocycles. The number of aryl methyl sites for hydroxylation is 1. The van der Waals surface area contributed by atoms with Crippen LogP contribution in [0.1, 0.15) is 67.7 Å². The summed E-state index contributed by atoms with van der Waals surface area (Å²) in [5, 5.41) is 13.4. The summed E-state index contributed by atoms with van der Waals surface area (Å²) in [5.74, 6) is -0.526. The predicted molar refractivity (Wildman–Crippen MR) is 119 cm³/mol. The van der Waals surface area contributed by atoms with Crippen LogP contribution in [0.3, 0.4) is 0 Å². The maximum Gasteiger partial charge on any atom is 0.267 e. The van der Waals surface area contributed by atoms with Gasteiger partial charge in [0.1, 0.15) is 0 Å². The Morgan fingerprint density at radius 2 is 1.97 bits per heavy atom. The molecule has 6 nitrogen and oxygen atoms in total. The molecular formula is C24H34N4O2. The summed E-state index contributed by atoms with van der Waals surface area (Å²) in [7, 11) is 0. The van der Waals surface area contributed by atoms with Crippen LogP contribution >= 0.6 is 0 Å². The fourth-order valence-corrected chi connectivity index (χ4v) is 4.46. The highest BCUT2D eigenvalue weighted by Crippen LogP contribution is 2.32. The molecule has 1 aliphatic heterocycles. The van der Waals surface area contributed by atoms with Crippen LogP contribution in [0.15, 0.2) is 30.3 Å². The van der Waals surface area contributed by atoms with E-state index in [2.05, 4.69) is 56.3 Å². The van der Waals surface area contributed by atoms with Crippen LogP contribution in [0.4, 0.5) is 0 Å². The second kappa shape index (κ2) is 9.14. The van der Waals surface area contributed by atoms with Gasteiger partial charge in [0.05, 0.1) is 11.2 Å². The molecule has 1 unspecified atom stereocenters. The molecule has 0 spiro atoms. The number of hydrogen-bond donors (Lipinski definition) is 2. The highest BCUT2D eigenvalue weighted by Gasteiger charge is 2.27. The van der Waals surface area contributed by atoms with Gasteiger partial charge < -0.3 is 0 Å². The van der Waals surface area contributed by atoms with Crippen molar-refractivity contribution in [2.75, 3.05) is 13.1 Å². The van der Waals surface area contributed by atoms with Gasteiger partial charge in [-0.25, -0.2) is 5.48 Å². The highest BCUT2D eigenvalue weighted by molar-refractivity contribution is 5.90. The molecule has 0 radical (unpaired) electrons. The van der Waals surface area contributed by atoms with Crippen molar-refractivity contribution >= 4 is 12.0 Å². The lowest BCUT2D eigenvalue weighted by molar-refractivity contribution is -0.124. The van der Waals surface area contributed by atoms with E-state index < -0.39 is 5.91 Å². The Morgan fingerprint density at radius 3 is 2.57 bits per heavy atom. The van der Waals surface area contributed by atoms with E-state index >= 15 is 0 Å². The van der Waals surface area contributed by atoms with Crippen LogP contribution in [-0.2, 0) is 16.8 Å². The van der Waals surface area contributed by atoms with E-state index in [0.717, 1.165) is 30.8 Å². The molecule has 2 N–H and O–H groups in total. The van der Waals surface area contributed by atoms with Crippen LogP contribution in [0.2, 0.25) is 0 Å². The van der Waals surface area contributed by atoms with Crippen LogP contribution in [0, 0.1) is 13.8 Å². The summed E-state index contributed by atoms with van der Waals surface area (Å²) >= 11 is 0. The number of hydrogen-bond acceptors (Lipinski definition) is 4. The number of carbonyl (C=O) groups excluding carboxylic acids is 1. The molecule has 1 fully saturated rings. The molecule has 0 bridgehead atoms. The minimum atomic E-state index is -0.526. The Balaban J connectivity index is 1.68. The van der Waals surface area contributed by atoms with Gasteiger partial charge in [-0.1, -0.05) is 24.3 Å². The molecule has 162 valence electrons. The maximum absolute atomic E-state index is 11.1. The standard InChI is InChI=1S/C24H34N4O2/c1-17-21(18(2)28(25-17)24(3,4)5)14-16-27-15-6-7-22(27)20-11-8-19(9-12-20)10-13-23(29)26-30/h8-13,22,30H,6-7,14-16H2,1-5H3,(H,26,29). The zero-order valence-electron chi connectivity index (χ0n) is 18.8. The summed E-state index contributed by atoms with van der Waals surface area (Å²) in [4.78, 5) is 13.7. The molecule has 0 aliphatic carbocycles. The molecule has 2 heterocycles. The van der Waals surface area contributed by atoms with Gasteiger partial charge >= 0.3 is 0 Å². The third kappa shape index (κ3) is 4.99. The molecule has 6 heteroatoms. The van der Waals surface area contributed by atoms with Crippen LogP contribution in [0.5, 0.6) is 0 Å². The molecular weight excluding hydrogens is 376 g/mol. The molecule has 0 saturated carbocycles. The van der Waals surface area contributed by atoms with E-state index in [1.54, 1.807) is 11.6 Å². The third-order valence-corrected chi connectivity index (χ3v) is 5.95. The number of rotatable bonds is 6. The molecule has 3 rings (SSSR count). The van der Waals surface area contributed by atoms with Gasteiger partial charge in [0, 0.05) is 24.4 Å². The van der Waals surface area contributed by atoms with Crippen molar-refractivity contribution in [3.8, 4) is 0 Å². The minimum Gasteiger partial charge on any atom is -0.296 e. The van der Waals surface area contributed by atoms with Gasteiger partial charge in [-0.3, -0.25) is 19.6 Å². The van der Waals surface area contributed by atoms with Crippen molar-refractivity contribution in [3.05, 3.63) is 58.4 Å². The van der Waals surface area contributed by atoms with E-state index in [4.69, 9.17) is 10.3 Å². The van der Waals surface area contributed by atoms with Gasteiger partial charge in [0.2, 0.25) is 0 Å². The van der Waals surface area contributed by atoms with Crippen molar-refractivity contribution in [3.63, 3.8) is 0 Å². The first-order chi connectivity index (χ1) is 14.2. The van der Waals surface area contributed by atoms with Gasteiger partial charge in [0.15, 0.2) is 0 Å². The van der Waals surface area contributed by atoms with Crippen molar-refractivity contribution in [2.45, 2.75) is 65.5 Å². The Kier molecular flexibility index (Phi) is 6.78. The molecule has 1 aliphatic rings. The number of aromatic nitrogens is 2. The maximum atomic E-state index is 11.1. The number of nitrogens with one attached hydrogen (secondary N) is 1. The van der Waals surface area contributed by atoms with E-state index in [1.165, 1.54) is 35.7 Å². The number of benzene rings is 1. The van der Waals surface area contributed by atoms with Crippen molar-refractivity contribution in [2.24, 2.45) is 0 Å². The van der Waals surface area contributed by atoms with E-state index in [-0.39, 0.29) is 5.54 Å². The SMILES string of the molecule is Cc1nn(C(C)(C)C)c(C)c1CCN1CCCC1c1ccc(C=CC(=O)NO)cc1. The van der Waals surface area contributed by atoms with Crippen molar-refractivity contribution < 1.29 is 10.0 Å². The largest absolute Gasteiger partial charge is 0.296 e. The average molecular weight is 411 g/mol. The summed E-state index contributed by atoms with van der Waals surface area (Å²) in [6, 6.07) is 8.77. The second-order valence-corrected chi connectivity index (χ2v) is 9.15. The number of hydroxylamine groups is 1. The Labute approximate surface area is 179 Å². The van der Waals surface area contributed by atoms with Crippen molar-refractivity contribution in [1.29, 1.82) is 0 Å². The molecule has 1 saturated heterocycles. The van der Waals surface area contributed by atoms with Crippen LogP contribution < -0.4 is 5.48 Å². The smallest absolute Gasteiger partial charge is 0.267 e. The lowest BCUT2D eigenvalue weighted by Crippen LogP contribution is -2.26. The quantitative estimate of drug-likeness (QED) is 0.426. The van der Waals surface area contributed by atoms with Crippen LogP contribution in [-0.4, -0.2) is 38.9 Å². The monoisotopic (exact) mass is 410 g/mol. The zero-order chi connectivity index (χ0) is 21.9. The first-order valence-corrected chi connectivity index (χ1v) is 10.7. The summed E-state index contributed by atoms with van der Waals surface area (Å²) < 4.78 is 2.16. The second-order valence-electron chi connectivity index (χ2n) is 9.15. The number of likely N-dealkylation sites (tertiary alicyclic amines) is 1. The molecule has 1 amide bonds. The van der Waals surface area contributed by atoms with Crippen molar-refractivity contribution in [1.82, 2.24) is 20.2 Å². The number of carbonyl (C=O) groups is 1. The molecule has 1 aromatic carbocycles. The molecule has 2 aromatic rings. The van der Waals surface area contributed by atoms with E-state index in [9.17, 15) is 4.79 Å². The lowest BCUT2D eigenvalue weighted by Gasteiger charge is -2.25. The van der Waals surface area contributed by atoms with Gasteiger partial charge in [-0.2, -0.15) is 5.10 Å². The Bertz CT molecular complexity index is 907. The summed E-state index contributed by atoms with van der Waals surface area (Å²) in [6.45, 7) is 13.0. The topological polar surface area (TPSA) is 70.4 Å². The van der Waals surface area contributed by atoms with Crippen LogP contribution in [0.25, 0.3) is 6.08 Å². The lowest BCUT2D eigenvalue weighted by atomic mass is 10.0. The minimum absolute atomic E-state index is 0.00266. The summed E-state index contributed by atoms with van der Waals surface area (Å²) in [5.41, 5.74) is 7.64. The Hall–Kier alpha value is -2.44. The number of amides is 1. The van der Waals surface area contributed by atoms with E-state index in [1.807, 2.05) is 12.1 Å². The normalized spacial score (nSPS) is 17.7. The molecule has 1 atom stereocenters. The van der Waals surface area contributed by atoms with Gasteiger partial charge in [-0.15, -0.1) is 0 Å². The first-order valence-electron chi connectivity index (χ1n) is 10.7. The van der Waals surface area contributed by atoms with Gasteiger partial charge in [-0.05, 0) is 83.2 Å². The zero-order valence-corrected chi connectivity index (χ0v) is 18.8. The average Bonchev–Trinajstić information content (AvgIpc) is 3.29. The number of nitrogens with zero attached hydrogens (tertiary/aromatic N) is 3. The predicted octanol–water partition coefficient (Wildman–Crippen LogP) is 4.15. The van der Waals surface area contributed by atoms with Gasteiger partial charge in [0.25, 0.3) is 5.91 Å². The highest BCUT2D eigenvalue weighted by atomic mass is 16.5. The Morgan fingerprint density at radius 1 is 1.27 bits per heavy atom. The third-order valence-electron chi connectivity index (χ3n) is 5.95. The van der Waals surface area contributed by atoms with E-state index in [0.29, 0.717) is 6.04 Å². The fourth-order valence-electron chi connectivity index (χ4n) is 4.46. The molecule has 30 heavy (non-hydrogen) atoms.